The Kier molecular flexibility index (Phi) is 5.46. The molecule has 20 heavy (non-hydrogen) atoms. The molecule has 0 spiro atoms. The van der Waals surface area contributed by atoms with E-state index in [0.29, 0.717) is 18.8 Å². The van der Waals surface area contributed by atoms with E-state index in [1.807, 2.05) is 38.1 Å². The van der Waals surface area contributed by atoms with Crippen LogP contribution >= 0.6 is 11.8 Å². The van der Waals surface area contributed by atoms with Crippen LogP contribution in [0.15, 0.2) is 29.2 Å². The summed E-state index contributed by atoms with van der Waals surface area (Å²) in [4.78, 5) is 15.2. The third kappa shape index (κ3) is 3.98. The minimum absolute atomic E-state index is 0.0201. The number of benzene rings is 1. The number of aliphatic hydroxyl groups excluding tert-OH is 1. The van der Waals surface area contributed by atoms with Crippen molar-refractivity contribution in [3.05, 3.63) is 29.8 Å². The van der Waals surface area contributed by atoms with E-state index in [2.05, 4.69) is 0 Å². The van der Waals surface area contributed by atoms with Gasteiger partial charge in [0.2, 0.25) is 5.91 Å². The van der Waals surface area contributed by atoms with Gasteiger partial charge in [-0.3, -0.25) is 4.79 Å². The van der Waals surface area contributed by atoms with Crippen LogP contribution < -0.4 is 0 Å². The standard InChI is InChI=1S/C15H21NO3S/c1-11-5-3-4-6-14(11)20-10-15(18)16-7-12(2)19-13(8-16)9-17/h3-6,12-13,17H,7-10H2,1-2H3. The van der Waals surface area contributed by atoms with Crippen molar-refractivity contribution in [3.63, 3.8) is 0 Å². The monoisotopic (exact) mass is 295 g/mol. The fourth-order valence-electron chi connectivity index (χ4n) is 2.30. The van der Waals surface area contributed by atoms with E-state index in [9.17, 15) is 9.90 Å². The van der Waals surface area contributed by atoms with Crippen molar-refractivity contribution >= 4 is 17.7 Å². The molecule has 5 heteroatoms. The van der Waals surface area contributed by atoms with Crippen LogP contribution in [0.25, 0.3) is 0 Å². The number of thioether (sulfide) groups is 1. The number of ether oxygens (including phenoxy) is 1. The topological polar surface area (TPSA) is 49.8 Å². The van der Waals surface area contributed by atoms with Crippen molar-refractivity contribution in [2.24, 2.45) is 0 Å². The van der Waals surface area contributed by atoms with Crippen LogP contribution in [-0.4, -0.2) is 53.6 Å². The molecule has 110 valence electrons. The number of carbonyl (C=O) groups excluding carboxylic acids is 1. The lowest BCUT2D eigenvalue weighted by molar-refractivity contribution is -0.144. The number of aryl methyl sites for hydroxylation is 1. The van der Waals surface area contributed by atoms with Gasteiger partial charge in [0.05, 0.1) is 24.6 Å². The van der Waals surface area contributed by atoms with Gasteiger partial charge in [0.1, 0.15) is 0 Å². The average molecular weight is 295 g/mol. The van der Waals surface area contributed by atoms with E-state index in [1.54, 1.807) is 16.7 Å². The maximum absolute atomic E-state index is 12.3. The molecule has 0 saturated carbocycles. The summed E-state index contributed by atoms with van der Waals surface area (Å²) in [6.45, 7) is 5.01. The van der Waals surface area contributed by atoms with E-state index in [0.717, 1.165) is 4.90 Å². The van der Waals surface area contributed by atoms with Gasteiger partial charge in [-0.1, -0.05) is 18.2 Å². The zero-order chi connectivity index (χ0) is 14.5. The summed E-state index contributed by atoms with van der Waals surface area (Å²) in [5, 5.41) is 9.18. The normalized spacial score (nSPS) is 22.9. The molecule has 1 fully saturated rings. The molecule has 1 heterocycles. The number of morpholine rings is 1. The summed E-state index contributed by atoms with van der Waals surface area (Å²) >= 11 is 1.56. The highest BCUT2D eigenvalue weighted by atomic mass is 32.2. The van der Waals surface area contributed by atoms with Gasteiger partial charge in [0.25, 0.3) is 0 Å². The van der Waals surface area contributed by atoms with E-state index in [4.69, 9.17) is 4.74 Å². The van der Waals surface area contributed by atoms with Crippen LogP contribution in [0.3, 0.4) is 0 Å². The number of carbonyl (C=O) groups is 1. The first kappa shape index (κ1) is 15.4. The molecule has 1 aliphatic rings. The molecule has 2 atom stereocenters. The van der Waals surface area contributed by atoms with Crippen molar-refractivity contribution in [2.45, 2.75) is 31.0 Å². The summed E-state index contributed by atoms with van der Waals surface area (Å²) in [6.07, 6.45) is -0.278. The molecule has 2 rings (SSSR count). The number of rotatable bonds is 4. The Bertz CT molecular complexity index is 466. The predicted octanol–water partition coefficient (Wildman–Crippen LogP) is 1.70. The lowest BCUT2D eigenvalue weighted by Crippen LogP contribution is -2.50. The van der Waals surface area contributed by atoms with Gasteiger partial charge in [0.15, 0.2) is 0 Å². The lowest BCUT2D eigenvalue weighted by Gasteiger charge is -2.36. The molecule has 0 aliphatic carbocycles. The molecule has 1 aromatic carbocycles. The Balaban J connectivity index is 1.90. The molecule has 0 bridgehead atoms. The fraction of sp³-hybridized carbons (Fsp3) is 0.533. The Morgan fingerprint density at radius 1 is 1.45 bits per heavy atom. The van der Waals surface area contributed by atoms with E-state index in [-0.39, 0.29) is 24.7 Å². The third-order valence-corrected chi connectivity index (χ3v) is 4.49. The Morgan fingerprint density at radius 2 is 2.20 bits per heavy atom. The maximum atomic E-state index is 12.3. The van der Waals surface area contributed by atoms with Crippen molar-refractivity contribution < 1.29 is 14.6 Å². The number of nitrogens with zero attached hydrogens (tertiary/aromatic N) is 1. The van der Waals surface area contributed by atoms with Crippen molar-refractivity contribution in [1.82, 2.24) is 4.90 Å². The molecule has 0 aromatic heterocycles. The van der Waals surface area contributed by atoms with Crippen molar-refractivity contribution in [3.8, 4) is 0 Å². The summed E-state index contributed by atoms with van der Waals surface area (Å²) in [7, 11) is 0. The molecule has 1 amide bonds. The Hall–Kier alpha value is -1.04. The van der Waals surface area contributed by atoms with Crippen molar-refractivity contribution in [2.75, 3.05) is 25.4 Å². The summed E-state index contributed by atoms with van der Waals surface area (Å²) < 4.78 is 5.55. The zero-order valence-electron chi connectivity index (χ0n) is 11.9. The second-order valence-corrected chi connectivity index (χ2v) is 6.12. The summed E-state index contributed by atoms with van der Waals surface area (Å²) in [5.41, 5.74) is 1.19. The van der Waals surface area contributed by atoms with Gasteiger partial charge in [-0.25, -0.2) is 0 Å². The van der Waals surface area contributed by atoms with Crippen LogP contribution in [0.2, 0.25) is 0 Å². The number of hydrogen-bond acceptors (Lipinski definition) is 4. The third-order valence-electron chi connectivity index (χ3n) is 3.33. The van der Waals surface area contributed by atoms with Crippen LogP contribution in [0.4, 0.5) is 0 Å². The summed E-state index contributed by atoms with van der Waals surface area (Å²) in [5.74, 6) is 0.530. The number of amides is 1. The second kappa shape index (κ2) is 7.11. The average Bonchev–Trinajstić information content (AvgIpc) is 2.45. The highest BCUT2D eigenvalue weighted by molar-refractivity contribution is 8.00. The summed E-state index contributed by atoms with van der Waals surface area (Å²) in [6, 6.07) is 8.06. The van der Waals surface area contributed by atoms with E-state index >= 15 is 0 Å². The number of aliphatic hydroxyl groups is 1. The smallest absolute Gasteiger partial charge is 0.233 e. The molecule has 0 radical (unpaired) electrons. The molecule has 1 aromatic rings. The predicted molar refractivity (Wildman–Crippen MR) is 79.9 cm³/mol. The lowest BCUT2D eigenvalue weighted by atomic mass is 10.2. The molecular formula is C15H21NO3S. The van der Waals surface area contributed by atoms with Gasteiger partial charge >= 0.3 is 0 Å². The fourth-order valence-corrected chi connectivity index (χ4v) is 3.23. The Labute approximate surface area is 124 Å². The maximum Gasteiger partial charge on any atom is 0.233 e. The second-order valence-electron chi connectivity index (χ2n) is 5.10. The first-order valence-electron chi connectivity index (χ1n) is 6.82. The van der Waals surface area contributed by atoms with Crippen LogP contribution in [0.5, 0.6) is 0 Å². The number of hydrogen-bond donors (Lipinski definition) is 1. The van der Waals surface area contributed by atoms with Crippen LogP contribution in [0.1, 0.15) is 12.5 Å². The SMILES string of the molecule is Cc1ccccc1SCC(=O)N1CC(C)OC(CO)C1. The molecule has 2 unspecified atom stereocenters. The van der Waals surface area contributed by atoms with Gasteiger partial charge < -0.3 is 14.7 Å². The van der Waals surface area contributed by atoms with Crippen LogP contribution in [-0.2, 0) is 9.53 Å². The highest BCUT2D eigenvalue weighted by Crippen LogP contribution is 2.22. The highest BCUT2D eigenvalue weighted by Gasteiger charge is 2.27. The molecular weight excluding hydrogens is 274 g/mol. The zero-order valence-corrected chi connectivity index (χ0v) is 12.7. The Morgan fingerprint density at radius 3 is 2.90 bits per heavy atom. The van der Waals surface area contributed by atoms with Gasteiger partial charge in [0, 0.05) is 18.0 Å². The minimum Gasteiger partial charge on any atom is -0.394 e. The largest absolute Gasteiger partial charge is 0.394 e. The van der Waals surface area contributed by atoms with Gasteiger partial charge in [-0.2, -0.15) is 0 Å². The van der Waals surface area contributed by atoms with E-state index < -0.39 is 0 Å². The minimum atomic E-state index is -0.258. The molecule has 4 nitrogen and oxygen atoms in total. The van der Waals surface area contributed by atoms with Gasteiger partial charge in [-0.15, -0.1) is 11.8 Å². The molecule has 1 saturated heterocycles. The molecule has 1 N–H and O–H groups in total. The quantitative estimate of drug-likeness (QED) is 0.859. The van der Waals surface area contributed by atoms with Crippen molar-refractivity contribution in [1.29, 1.82) is 0 Å². The van der Waals surface area contributed by atoms with Gasteiger partial charge in [-0.05, 0) is 25.5 Å². The molecule has 1 aliphatic heterocycles. The van der Waals surface area contributed by atoms with E-state index in [1.165, 1.54) is 5.56 Å². The van der Waals surface area contributed by atoms with Crippen LogP contribution in [0, 0.1) is 6.92 Å². The first-order valence-corrected chi connectivity index (χ1v) is 7.81. The first-order chi connectivity index (χ1) is 9.60.